The second-order valence-corrected chi connectivity index (χ2v) is 9.04. The first-order chi connectivity index (χ1) is 17.9. The van der Waals surface area contributed by atoms with E-state index < -0.39 is 6.67 Å². The molecule has 0 saturated carbocycles. The first-order valence-electron chi connectivity index (χ1n) is 12.0. The molecule has 0 bridgehead atoms. The number of aromatic nitrogens is 2. The molecule has 0 unspecified atom stereocenters. The average Bonchev–Trinajstić information content (AvgIpc) is 2.92. The molecule has 5 rings (SSSR count). The van der Waals surface area contributed by atoms with Crippen LogP contribution in [0, 0.1) is 6.92 Å². The molecular formula is C26H28FN7O3. The lowest BCUT2D eigenvalue weighted by atomic mass is 10.1. The van der Waals surface area contributed by atoms with Gasteiger partial charge in [0.1, 0.15) is 12.5 Å². The van der Waals surface area contributed by atoms with E-state index >= 15 is 0 Å². The number of morpholine rings is 1. The lowest BCUT2D eigenvalue weighted by Gasteiger charge is -2.34. The van der Waals surface area contributed by atoms with Gasteiger partial charge in [0.25, 0.3) is 5.91 Å². The van der Waals surface area contributed by atoms with E-state index in [-0.39, 0.29) is 24.4 Å². The first-order valence-corrected chi connectivity index (χ1v) is 12.0. The number of alkyl halides is 1. The highest BCUT2D eigenvalue weighted by atomic mass is 19.1. The number of hydrogen-bond donors (Lipinski definition) is 2. The predicted octanol–water partition coefficient (Wildman–Crippen LogP) is 3.50. The number of nitrogens with two attached hydrogens (primary N) is 1. The number of aryl methyl sites for hydroxylation is 1. The van der Waals surface area contributed by atoms with E-state index in [0.29, 0.717) is 54.6 Å². The molecule has 0 aliphatic carbocycles. The molecule has 192 valence electrons. The van der Waals surface area contributed by atoms with Crippen LogP contribution in [0.2, 0.25) is 0 Å². The monoisotopic (exact) mass is 505 g/mol. The molecular weight excluding hydrogens is 477 g/mol. The van der Waals surface area contributed by atoms with E-state index in [9.17, 15) is 14.0 Å². The molecule has 11 heteroatoms. The molecule has 3 heterocycles. The van der Waals surface area contributed by atoms with Gasteiger partial charge in [0.2, 0.25) is 5.95 Å². The number of nitrogens with one attached hydrogen (secondary N) is 1. The van der Waals surface area contributed by atoms with Crippen molar-refractivity contribution >= 4 is 40.8 Å². The zero-order valence-electron chi connectivity index (χ0n) is 20.7. The molecule has 0 spiro atoms. The molecule has 2 aliphatic rings. The quantitative estimate of drug-likeness (QED) is 0.545. The van der Waals surface area contributed by atoms with Gasteiger partial charge in [0.15, 0.2) is 0 Å². The molecule has 3 aromatic rings. The Kier molecular flexibility index (Phi) is 6.62. The number of carbonyl (C=O) groups excluding carboxylic acids is 2. The van der Waals surface area contributed by atoms with Crippen molar-refractivity contribution in [3.05, 3.63) is 64.8 Å². The van der Waals surface area contributed by atoms with Crippen LogP contribution in [0.15, 0.2) is 42.6 Å². The Labute approximate surface area is 213 Å². The molecule has 1 fully saturated rings. The SMILES string of the molecule is Cc1ccc(NC(=O)c2ccc(N3CCOCC3)c(CF)c2)cc1N1Cc2cnc(N)nc2N(C)C1=O. The van der Waals surface area contributed by atoms with Gasteiger partial charge >= 0.3 is 6.03 Å². The van der Waals surface area contributed by atoms with Gasteiger partial charge in [-0.15, -0.1) is 0 Å². The van der Waals surface area contributed by atoms with Crippen LogP contribution in [-0.2, 0) is 18.0 Å². The standard InChI is InChI=1S/C26H28FN7O3/c1-16-3-5-20(12-22(16)34-15-19-14-29-25(28)31-23(19)32(2)26(34)36)30-24(35)17-4-6-21(18(11-17)13-27)33-7-9-37-10-8-33/h3-6,11-12,14H,7-10,13,15H2,1-2H3,(H,30,35)(H2,28,29,31). The number of nitrogen functional groups attached to an aromatic ring is 1. The first kappa shape index (κ1) is 24.4. The van der Waals surface area contributed by atoms with Crippen LogP contribution in [0.1, 0.15) is 27.0 Å². The summed E-state index contributed by atoms with van der Waals surface area (Å²) in [6.45, 7) is 4.01. The number of hydrogen-bond acceptors (Lipinski definition) is 7. The number of carbonyl (C=O) groups is 2. The Morgan fingerprint density at radius 2 is 1.95 bits per heavy atom. The Morgan fingerprint density at radius 1 is 1.16 bits per heavy atom. The van der Waals surface area contributed by atoms with Gasteiger partial charge in [0.05, 0.1) is 25.4 Å². The van der Waals surface area contributed by atoms with Gasteiger partial charge in [-0.1, -0.05) is 6.07 Å². The van der Waals surface area contributed by atoms with E-state index in [1.54, 1.807) is 48.5 Å². The van der Waals surface area contributed by atoms with Crippen molar-refractivity contribution in [2.45, 2.75) is 20.1 Å². The number of halogens is 1. The fourth-order valence-electron chi connectivity index (χ4n) is 4.64. The van der Waals surface area contributed by atoms with Crippen molar-refractivity contribution in [1.29, 1.82) is 0 Å². The summed E-state index contributed by atoms with van der Waals surface area (Å²) in [7, 11) is 1.63. The van der Waals surface area contributed by atoms with E-state index in [1.807, 2.05) is 13.0 Å². The van der Waals surface area contributed by atoms with Crippen molar-refractivity contribution in [2.75, 3.05) is 59.1 Å². The average molecular weight is 506 g/mol. The number of fused-ring (bicyclic) bond motifs is 1. The third-order valence-corrected chi connectivity index (χ3v) is 6.62. The Balaban J connectivity index is 1.38. The molecule has 37 heavy (non-hydrogen) atoms. The maximum Gasteiger partial charge on any atom is 0.330 e. The summed E-state index contributed by atoms with van der Waals surface area (Å²) in [4.78, 5) is 39.6. The summed E-state index contributed by atoms with van der Waals surface area (Å²) < 4.78 is 19.2. The molecule has 2 aliphatic heterocycles. The minimum absolute atomic E-state index is 0.0987. The number of benzene rings is 2. The highest BCUT2D eigenvalue weighted by Crippen LogP contribution is 2.33. The van der Waals surface area contributed by atoms with E-state index in [2.05, 4.69) is 20.2 Å². The van der Waals surface area contributed by atoms with Crippen molar-refractivity contribution in [1.82, 2.24) is 9.97 Å². The van der Waals surface area contributed by atoms with Gasteiger partial charge in [0, 0.05) is 54.4 Å². The van der Waals surface area contributed by atoms with E-state index in [0.717, 1.165) is 16.8 Å². The molecule has 3 amide bonds. The van der Waals surface area contributed by atoms with Gasteiger partial charge < -0.3 is 20.7 Å². The number of nitrogens with zero attached hydrogens (tertiary/aromatic N) is 5. The molecule has 0 atom stereocenters. The fourth-order valence-corrected chi connectivity index (χ4v) is 4.64. The van der Waals surface area contributed by atoms with Crippen LogP contribution in [0.25, 0.3) is 0 Å². The summed E-state index contributed by atoms with van der Waals surface area (Å²) in [5.41, 5.74) is 10.1. The normalized spacial score (nSPS) is 15.5. The third-order valence-electron chi connectivity index (χ3n) is 6.62. The van der Waals surface area contributed by atoms with Gasteiger partial charge in [-0.25, -0.2) is 14.2 Å². The van der Waals surface area contributed by atoms with Crippen molar-refractivity contribution in [2.24, 2.45) is 0 Å². The Hall–Kier alpha value is -4.25. The Morgan fingerprint density at radius 3 is 2.70 bits per heavy atom. The lowest BCUT2D eigenvalue weighted by molar-refractivity contribution is 0.102. The number of anilines is 5. The highest BCUT2D eigenvalue weighted by Gasteiger charge is 2.31. The second kappa shape index (κ2) is 10.0. The maximum atomic E-state index is 13.9. The van der Waals surface area contributed by atoms with Crippen LogP contribution >= 0.6 is 0 Å². The van der Waals surface area contributed by atoms with E-state index in [1.165, 1.54) is 4.90 Å². The van der Waals surface area contributed by atoms with Crippen LogP contribution in [-0.4, -0.2) is 55.3 Å². The molecule has 0 radical (unpaired) electrons. The maximum absolute atomic E-state index is 13.9. The van der Waals surface area contributed by atoms with Crippen molar-refractivity contribution in [3.8, 4) is 0 Å². The van der Waals surface area contributed by atoms with Crippen LogP contribution in [0.3, 0.4) is 0 Å². The summed E-state index contributed by atoms with van der Waals surface area (Å²) in [6.07, 6.45) is 1.61. The zero-order valence-corrected chi connectivity index (χ0v) is 20.7. The number of ether oxygens (including phenoxy) is 1. The van der Waals surface area contributed by atoms with Crippen molar-refractivity contribution < 1.29 is 18.7 Å². The molecule has 10 nitrogen and oxygen atoms in total. The second-order valence-electron chi connectivity index (χ2n) is 9.04. The molecule has 1 saturated heterocycles. The largest absolute Gasteiger partial charge is 0.378 e. The van der Waals surface area contributed by atoms with Crippen molar-refractivity contribution in [3.63, 3.8) is 0 Å². The number of amides is 3. The fraction of sp³-hybridized carbons (Fsp3) is 0.308. The van der Waals surface area contributed by atoms with Crippen LogP contribution < -0.4 is 25.8 Å². The minimum atomic E-state index is -0.677. The summed E-state index contributed by atoms with van der Waals surface area (Å²) in [5.74, 6) is 0.205. The van der Waals surface area contributed by atoms with Gasteiger partial charge in [-0.05, 0) is 42.8 Å². The highest BCUT2D eigenvalue weighted by molar-refractivity contribution is 6.07. The smallest absolute Gasteiger partial charge is 0.330 e. The lowest BCUT2D eigenvalue weighted by Crippen LogP contribution is -2.46. The predicted molar refractivity (Wildman–Crippen MR) is 140 cm³/mol. The van der Waals surface area contributed by atoms with Gasteiger partial charge in [-0.2, -0.15) is 4.98 Å². The summed E-state index contributed by atoms with van der Waals surface area (Å²) >= 11 is 0. The summed E-state index contributed by atoms with van der Waals surface area (Å²) in [6, 6.07) is 10.1. The van der Waals surface area contributed by atoms with Gasteiger partial charge in [-0.3, -0.25) is 14.6 Å². The molecule has 1 aromatic heterocycles. The topological polar surface area (TPSA) is 117 Å². The molecule has 2 aromatic carbocycles. The van der Waals surface area contributed by atoms with Crippen LogP contribution in [0.5, 0.6) is 0 Å². The number of urea groups is 1. The zero-order chi connectivity index (χ0) is 26.1. The molecule has 3 N–H and O–H groups in total. The summed E-state index contributed by atoms with van der Waals surface area (Å²) in [5, 5.41) is 2.88. The van der Waals surface area contributed by atoms with E-state index in [4.69, 9.17) is 10.5 Å². The third kappa shape index (κ3) is 4.77. The van der Waals surface area contributed by atoms with Crippen LogP contribution in [0.4, 0.5) is 38.0 Å². The Bertz CT molecular complexity index is 1360. The number of rotatable bonds is 5. The minimum Gasteiger partial charge on any atom is -0.378 e.